The highest BCUT2D eigenvalue weighted by Gasteiger charge is 2.02. The van der Waals surface area contributed by atoms with Crippen LogP contribution in [0.2, 0.25) is 5.02 Å². The summed E-state index contributed by atoms with van der Waals surface area (Å²) < 4.78 is 2.71. The van der Waals surface area contributed by atoms with Gasteiger partial charge in [-0.25, -0.2) is 0 Å². The van der Waals surface area contributed by atoms with Crippen molar-refractivity contribution in [1.29, 1.82) is 0 Å². The lowest BCUT2D eigenvalue weighted by Gasteiger charge is -2.03. The molecule has 13 heavy (non-hydrogen) atoms. The number of rotatable bonds is 1. The fourth-order valence-corrected chi connectivity index (χ4v) is 1.79. The Balaban J connectivity index is 2.53. The van der Waals surface area contributed by atoms with E-state index in [1.807, 2.05) is 18.2 Å². The average molecular weight is 259 g/mol. The van der Waals surface area contributed by atoms with Gasteiger partial charge in [-0.3, -0.25) is 4.57 Å². The van der Waals surface area contributed by atoms with Crippen LogP contribution in [0.15, 0.2) is 35.3 Å². The Bertz CT molecular complexity index is 413. The first-order chi connectivity index (χ1) is 6.27. The van der Waals surface area contributed by atoms with Gasteiger partial charge in [-0.05, 0) is 18.2 Å². The van der Waals surface area contributed by atoms with Crippen LogP contribution in [0.25, 0.3) is 5.69 Å². The monoisotopic (exact) mass is 257 g/mol. The summed E-state index contributed by atoms with van der Waals surface area (Å²) in [4.78, 5) is 0. The van der Waals surface area contributed by atoms with Crippen molar-refractivity contribution in [3.63, 3.8) is 0 Å². The molecule has 0 N–H and O–H groups in total. The van der Waals surface area contributed by atoms with Crippen LogP contribution < -0.4 is 0 Å². The first kappa shape index (κ1) is 8.72. The van der Waals surface area contributed by atoms with Crippen molar-refractivity contribution in [3.8, 4) is 5.69 Å². The van der Waals surface area contributed by atoms with E-state index < -0.39 is 0 Å². The van der Waals surface area contributed by atoms with Gasteiger partial charge in [-0.1, -0.05) is 27.5 Å². The maximum absolute atomic E-state index is 6.01. The Morgan fingerprint density at radius 3 is 2.54 bits per heavy atom. The Kier molecular flexibility index (Phi) is 2.33. The summed E-state index contributed by atoms with van der Waals surface area (Å²) in [5.41, 5.74) is 0.870. The SMILES string of the molecule is Clc1cc(Br)ccc1-n1cnnc1. The van der Waals surface area contributed by atoms with Crippen molar-refractivity contribution in [3.05, 3.63) is 40.3 Å². The fraction of sp³-hybridized carbons (Fsp3) is 0. The fourth-order valence-electron chi connectivity index (χ4n) is 1.02. The van der Waals surface area contributed by atoms with E-state index in [2.05, 4.69) is 26.1 Å². The smallest absolute Gasteiger partial charge is 0.123 e. The molecule has 0 radical (unpaired) electrons. The molecule has 0 aliphatic heterocycles. The minimum Gasteiger partial charge on any atom is -0.287 e. The Hall–Kier alpha value is -0.870. The molecule has 0 atom stereocenters. The van der Waals surface area contributed by atoms with Crippen LogP contribution in [0.3, 0.4) is 0 Å². The van der Waals surface area contributed by atoms with Crippen molar-refractivity contribution in [1.82, 2.24) is 14.8 Å². The summed E-state index contributed by atoms with van der Waals surface area (Å²) in [6.07, 6.45) is 3.21. The summed E-state index contributed by atoms with van der Waals surface area (Å²) >= 11 is 9.35. The van der Waals surface area contributed by atoms with Crippen LogP contribution in [-0.4, -0.2) is 14.8 Å². The van der Waals surface area contributed by atoms with Crippen LogP contribution in [0.5, 0.6) is 0 Å². The summed E-state index contributed by atoms with van der Waals surface area (Å²) in [5.74, 6) is 0. The van der Waals surface area contributed by atoms with E-state index >= 15 is 0 Å². The van der Waals surface area contributed by atoms with Gasteiger partial charge in [-0.2, -0.15) is 0 Å². The third-order valence-corrected chi connectivity index (χ3v) is 2.40. The van der Waals surface area contributed by atoms with Gasteiger partial charge < -0.3 is 0 Å². The molecule has 0 saturated carbocycles. The zero-order valence-electron chi connectivity index (χ0n) is 6.48. The lowest BCUT2D eigenvalue weighted by Crippen LogP contribution is -1.90. The molecular weight excluding hydrogens is 253 g/mol. The molecule has 2 rings (SSSR count). The highest BCUT2D eigenvalue weighted by Crippen LogP contribution is 2.23. The van der Waals surface area contributed by atoms with Crippen LogP contribution in [0.1, 0.15) is 0 Å². The minimum atomic E-state index is 0.661. The second kappa shape index (κ2) is 3.47. The summed E-state index contributed by atoms with van der Waals surface area (Å²) in [5, 5.41) is 8.07. The Morgan fingerprint density at radius 2 is 1.92 bits per heavy atom. The molecule has 66 valence electrons. The molecule has 0 saturated heterocycles. The predicted molar refractivity (Wildman–Crippen MR) is 54.1 cm³/mol. The van der Waals surface area contributed by atoms with Gasteiger partial charge in [0.1, 0.15) is 12.7 Å². The number of aromatic nitrogens is 3. The standard InChI is InChI=1S/C8H5BrClN3/c9-6-1-2-8(7(10)3-6)13-4-11-12-5-13/h1-5H. The number of halogens is 2. The molecule has 1 aromatic carbocycles. The molecule has 1 aromatic heterocycles. The maximum atomic E-state index is 6.01. The number of nitrogens with zero attached hydrogens (tertiary/aromatic N) is 3. The van der Waals surface area contributed by atoms with Gasteiger partial charge in [0.25, 0.3) is 0 Å². The van der Waals surface area contributed by atoms with Gasteiger partial charge in [-0.15, -0.1) is 10.2 Å². The van der Waals surface area contributed by atoms with Crippen molar-refractivity contribution < 1.29 is 0 Å². The number of hydrogen-bond acceptors (Lipinski definition) is 2. The second-order valence-electron chi connectivity index (χ2n) is 2.46. The van der Waals surface area contributed by atoms with Crippen LogP contribution >= 0.6 is 27.5 Å². The molecule has 5 heteroatoms. The van der Waals surface area contributed by atoms with Crippen molar-refractivity contribution in [2.24, 2.45) is 0 Å². The molecule has 0 aliphatic carbocycles. The highest BCUT2D eigenvalue weighted by atomic mass is 79.9. The number of hydrogen-bond donors (Lipinski definition) is 0. The molecular formula is C8H5BrClN3. The van der Waals surface area contributed by atoms with Crippen molar-refractivity contribution in [2.45, 2.75) is 0 Å². The first-order valence-corrected chi connectivity index (χ1v) is 4.74. The molecule has 0 fully saturated rings. The van der Waals surface area contributed by atoms with Crippen LogP contribution in [-0.2, 0) is 0 Å². The zero-order chi connectivity index (χ0) is 9.26. The third kappa shape index (κ3) is 1.73. The van der Waals surface area contributed by atoms with Crippen LogP contribution in [0.4, 0.5) is 0 Å². The van der Waals surface area contributed by atoms with Crippen LogP contribution in [0, 0.1) is 0 Å². The van der Waals surface area contributed by atoms with Crippen molar-refractivity contribution >= 4 is 27.5 Å². The highest BCUT2D eigenvalue weighted by molar-refractivity contribution is 9.10. The lowest BCUT2D eigenvalue weighted by atomic mass is 10.3. The van der Waals surface area contributed by atoms with E-state index in [1.54, 1.807) is 17.2 Å². The van der Waals surface area contributed by atoms with Gasteiger partial charge in [0.05, 0.1) is 10.7 Å². The van der Waals surface area contributed by atoms with E-state index in [0.29, 0.717) is 5.02 Å². The number of benzene rings is 1. The topological polar surface area (TPSA) is 30.7 Å². The average Bonchev–Trinajstić information content (AvgIpc) is 2.56. The molecule has 0 amide bonds. The van der Waals surface area contributed by atoms with Gasteiger partial charge in [0.15, 0.2) is 0 Å². The van der Waals surface area contributed by atoms with Crippen molar-refractivity contribution in [2.75, 3.05) is 0 Å². The third-order valence-electron chi connectivity index (χ3n) is 1.61. The second-order valence-corrected chi connectivity index (χ2v) is 3.79. The molecule has 0 unspecified atom stereocenters. The quantitative estimate of drug-likeness (QED) is 0.787. The molecule has 0 aliphatic rings. The largest absolute Gasteiger partial charge is 0.287 e. The van der Waals surface area contributed by atoms with E-state index in [1.165, 1.54) is 0 Å². The first-order valence-electron chi connectivity index (χ1n) is 3.57. The van der Waals surface area contributed by atoms with E-state index in [-0.39, 0.29) is 0 Å². The van der Waals surface area contributed by atoms with Gasteiger partial charge in [0, 0.05) is 4.47 Å². The Labute approximate surface area is 88.5 Å². The zero-order valence-corrected chi connectivity index (χ0v) is 8.83. The minimum absolute atomic E-state index is 0.661. The normalized spacial score (nSPS) is 10.3. The van der Waals surface area contributed by atoms with E-state index in [0.717, 1.165) is 10.2 Å². The van der Waals surface area contributed by atoms with Gasteiger partial charge >= 0.3 is 0 Å². The Morgan fingerprint density at radius 1 is 1.23 bits per heavy atom. The molecule has 1 heterocycles. The maximum Gasteiger partial charge on any atom is 0.123 e. The molecule has 0 spiro atoms. The summed E-state index contributed by atoms with van der Waals surface area (Å²) in [6.45, 7) is 0. The van der Waals surface area contributed by atoms with E-state index in [9.17, 15) is 0 Å². The van der Waals surface area contributed by atoms with E-state index in [4.69, 9.17) is 11.6 Å². The summed E-state index contributed by atoms with van der Waals surface area (Å²) in [6, 6.07) is 5.65. The van der Waals surface area contributed by atoms with Gasteiger partial charge in [0.2, 0.25) is 0 Å². The lowest BCUT2D eigenvalue weighted by molar-refractivity contribution is 1.06. The molecule has 3 nitrogen and oxygen atoms in total. The summed E-state index contributed by atoms with van der Waals surface area (Å²) in [7, 11) is 0. The molecule has 2 aromatic rings. The molecule has 0 bridgehead atoms. The predicted octanol–water partition coefficient (Wildman–Crippen LogP) is 2.68.